The molecule has 3 aromatic carbocycles. The summed E-state index contributed by atoms with van der Waals surface area (Å²) in [5.41, 5.74) is 1.52. The van der Waals surface area contributed by atoms with Gasteiger partial charge in [0.15, 0.2) is 11.5 Å². The first-order valence-corrected chi connectivity index (χ1v) is 10.7. The van der Waals surface area contributed by atoms with Crippen LogP contribution in [0, 0.1) is 0 Å². The van der Waals surface area contributed by atoms with Gasteiger partial charge in [-0.2, -0.15) is 0 Å². The molecule has 1 amide bonds. The van der Waals surface area contributed by atoms with Crippen molar-refractivity contribution in [3.8, 4) is 17.2 Å². The van der Waals surface area contributed by atoms with Crippen molar-refractivity contribution in [2.24, 2.45) is 0 Å². The van der Waals surface area contributed by atoms with Crippen LogP contribution in [0.5, 0.6) is 17.2 Å². The maximum Gasteiger partial charge on any atom is 0.336 e. The van der Waals surface area contributed by atoms with Gasteiger partial charge < -0.3 is 19.5 Å². The Balaban J connectivity index is 1.60. The van der Waals surface area contributed by atoms with Gasteiger partial charge in [-0.1, -0.05) is 29.3 Å². The third-order valence-corrected chi connectivity index (χ3v) is 4.98. The Kier molecular flexibility index (Phi) is 8.35. The average Bonchev–Trinajstić information content (AvgIpc) is 2.81. The highest BCUT2D eigenvalue weighted by molar-refractivity contribution is 6.35. The fourth-order valence-electron chi connectivity index (χ4n) is 2.84. The van der Waals surface area contributed by atoms with Crippen molar-refractivity contribution in [3.05, 3.63) is 87.9 Å². The number of hydrogen-bond acceptors (Lipinski definition) is 5. The van der Waals surface area contributed by atoms with E-state index in [-0.39, 0.29) is 5.91 Å². The molecular formula is C25H21Cl2NO5. The summed E-state index contributed by atoms with van der Waals surface area (Å²) in [6.45, 7) is 2.41. The maximum absolute atomic E-state index is 12.4. The third-order valence-electron chi connectivity index (χ3n) is 4.41. The zero-order chi connectivity index (χ0) is 23.8. The molecule has 0 radical (unpaired) electrons. The lowest BCUT2D eigenvalue weighted by atomic mass is 10.2. The lowest BCUT2D eigenvalue weighted by molar-refractivity contribution is -0.128. The number of methoxy groups -OCH3 is 1. The molecule has 1 N–H and O–H groups in total. The number of hydrogen-bond donors (Lipinski definition) is 1. The number of halogens is 2. The zero-order valence-electron chi connectivity index (χ0n) is 17.9. The van der Waals surface area contributed by atoms with Crippen LogP contribution in [0.25, 0.3) is 6.08 Å². The fourth-order valence-corrected chi connectivity index (χ4v) is 3.18. The zero-order valence-corrected chi connectivity index (χ0v) is 19.4. The number of carbonyl (C=O) groups excluding carboxylic acids is 2. The van der Waals surface area contributed by atoms with Crippen molar-refractivity contribution in [3.63, 3.8) is 0 Å². The molecule has 3 aromatic rings. The molecule has 0 atom stereocenters. The quantitative estimate of drug-likeness (QED) is 0.231. The summed E-state index contributed by atoms with van der Waals surface area (Å²) < 4.78 is 16.1. The Morgan fingerprint density at radius 2 is 1.73 bits per heavy atom. The molecule has 0 bridgehead atoms. The van der Waals surface area contributed by atoms with Crippen molar-refractivity contribution in [1.29, 1.82) is 0 Å². The Hall–Kier alpha value is -3.48. The largest absolute Gasteiger partial charge is 0.493 e. The Morgan fingerprint density at radius 1 is 0.970 bits per heavy atom. The first kappa shape index (κ1) is 24.2. The van der Waals surface area contributed by atoms with Gasteiger partial charge in [0.05, 0.1) is 24.4 Å². The number of benzene rings is 3. The number of nitrogens with one attached hydrogen (secondary N) is 1. The first-order chi connectivity index (χ1) is 15.9. The highest BCUT2D eigenvalue weighted by Crippen LogP contribution is 2.29. The molecule has 3 rings (SSSR count). The monoisotopic (exact) mass is 485 g/mol. The standard InChI is InChI=1S/C25H21Cl2NO5/c1-3-32-22-12-4-16(14-23(22)31-2)5-13-24(29)33-19-9-6-17(7-10-19)25(30)28-21-15-18(26)8-11-20(21)27/h4-15H,3H2,1-2H3,(H,28,30)/b13-5+. The van der Waals surface area contributed by atoms with Gasteiger partial charge >= 0.3 is 5.97 Å². The van der Waals surface area contributed by atoms with Crippen LogP contribution in [0.1, 0.15) is 22.8 Å². The number of ether oxygens (including phenoxy) is 3. The van der Waals surface area contributed by atoms with Crippen LogP contribution in [0.3, 0.4) is 0 Å². The van der Waals surface area contributed by atoms with E-state index in [9.17, 15) is 9.59 Å². The first-order valence-electron chi connectivity index (χ1n) is 9.96. The molecule has 33 heavy (non-hydrogen) atoms. The minimum atomic E-state index is -0.564. The summed E-state index contributed by atoms with van der Waals surface area (Å²) in [6, 6.07) is 16.3. The van der Waals surface area contributed by atoms with Gasteiger partial charge in [0.25, 0.3) is 5.91 Å². The number of rotatable bonds is 8. The van der Waals surface area contributed by atoms with Crippen LogP contribution in [-0.2, 0) is 4.79 Å². The molecule has 0 spiro atoms. The van der Waals surface area contributed by atoms with Gasteiger partial charge in [0.2, 0.25) is 0 Å². The second-order valence-electron chi connectivity index (χ2n) is 6.70. The van der Waals surface area contributed by atoms with Crippen LogP contribution in [0.15, 0.2) is 66.7 Å². The van der Waals surface area contributed by atoms with Crippen molar-refractivity contribution >= 4 is 46.8 Å². The van der Waals surface area contributed by atoms with Gasteiger partial charge in [0.1, 0.15) is 5.75 Å². The summed E-state index contributed by atoms with van der Waals surface area (Å²) in [6.07, 6.45) is 2.91. The van der Waals surface area contributed by atoms with E-state index in [0.717, 1.165) is 5.56 Å². The van der Waals surface area contributed by atoms with Crippen LogP contribution in [-0.4, -0.2) is 25.6 Å². The van der Waals surface area contributed by atoms with E-state index in [2.05, 4.69) is 5.32 Å². The summed E-state index contributed by atoms with van der Waals surface area (Å²) >= 11 is 12.0. The lowest BCUT2D eigenvalue weighted by Crippen LogP contribution is -2.12. The molecule has 8 heteroatoms. The predicted molar refractivity (Wildman–Crippen MR) is 130 cm³/mol. The van der Waals surface area contributed by atoms with Crippen molar-refractivity contribution in [1.82, 2.24) is 0 Å². The van der Waals surface area contributed by atoms with Crippen molar-refractivity contribution in [2.75, 3.05) is 19.0 Å². The number of esters is 1. The van der Waals surface area contributed by atoms with E-state index in [1.54, 1.807) is 49.6 Å². The van der Waals surface area contributed by atoms with E-state index >= 15 is 0 Å². The molecule has 0 aliphatic carbocycles. The summed E-state index contributed by atoms with van der Waals surface area (Å²) in [5.74, 6) is 0.556. The Bertz CT molecular complexity index is 1180. The summed E-state index contributed by atoms with van der Waals surface area (Å²) in [5, 5.41) is 3.52. The molecule has 0 fully saturated rings. The topological polar surface area (TPSA) is 73.9 Å². The molecule has 0 saturated carbocycles. The van der Waals surface area contributed by atoms with Gasteiger partial charge in [0, 0.05) is 16.7 Å². The van der Waals surface area contributed by atoms with Crippen LogP contribution in [0.2, 0.25) is 10.0 Å². The third kappa shape index (κ3) is 6.75. The second-order valence-corrected chi connectivity index (χ2v) is 7.54. The maximum atomic E-state index is 12.4. The molecule has 6 nitrogen and oxygen atoms in total. The molecule has 0 saturated heterocycles. The van der Waals surface area contributed by atoms with Crippen LogP contribution in [0.4, 0.5) is 5.69 Å². The molecule has 0 aliphatic rings. The summed E-state index contributed by atoms with van der Waals surface area (Å²) in [7, 11) is 1.55. The van der Waals surface area contributed by atoms with E-state index < -0.39 is 5.97 Å². The molecule has 0 aliphatic heterocycles. The SMILES string of the molecule is CCOc1ccc(/C=C/C(=O)Oc2ccc(C(=O)Nc3cc(Cl)ccc3Cl)cc2)cc1OC. The minimum absolute atomic E-state index is 0.297. The molecule has 0 heterocycles. The van der Waals surface area contributed by atoms with Gasteiger partial charge in [-0.15, -0.1) is 0 Å². The summed E-state index contributed by atoms with van der Waals surface area (Å²) in [4.78, 5) is 24.6. The average molecular weight is 486 g/mol. The normalized spacial score (nSPS) is 10.7. The number of anilines is 1. The molecule has 170 valence electrons. The van der Waals surface area contributed by atoms with E-state index in [1.165, 1.54) is 30.3 Å². The lowest BCUT2D eigenvalue weighted by Gasteiger charge is -2.09. The fraction of sp³-hybridized carbons (Fsp3) is 0.120. The predicted octanol–water partition coefficient (Wildman–Crippen LogP) is 6.27. The molecule has 0 aromatic heterocycles. The van der Waals surface area contributed by atoms with Crippen molar-refractivity contribution < 1.29 is 23.8 Å². The minimum Gasteiger partial charge on any atom is -0.493 e. The van der Waals surface area contributed by atoms with Crippen LogP contribution < -0.4 is 19.5 Å². The van der Waals surface area contributed by atoms with Crippen molar-refractivity contribution in [2.45, 2.75) is 6.92 Å². The number of amides is 1. The van der Waals surface area contributed by atoms with E-state index in [0.29, 0.717) is 45.2 Å². The van der Waals surface area contributed by atoms with E-state index in [4.69, 9.17) is 37.4 Å². The molecule has 0 unspecified atom stereocenters. The highest BCUT2D eigenvalue weighted by Gasteiger charge is 2.10. The smallest absolute Gasteiger partial charge is 0.336 e. The Morgan fingerprint density at radius 3 is 2.42 bits per heavy atom. The van der Waals surface area contributed by atoms with Gasteiger partial charge in [-0.05, 0) is 73.2 Å². The highest BCUT2D eigenvalue weighted by atomic mass is 35.5. The molecular weight excluding hydrogens is 465 g/mol. The van der Waals surface area contributed by atoms with Gasteiger partial charge in [-0.25, -0.2) is 4.79 Å². The Labute approximate surface area is 201 Å². The van der Waals surface area contributed by atoms with Crippen LogP contribution >= 0.6 is 23.2 Å². The van der Waals surface area contributed by atoms with E-state index in [1.807, 2.05) is 6.92 Å². The number of carbonyl (C=O) groups is 2. The van der Waals surface area contributed by atoms with Gasteiger partial charge in [-0.3, -0.25) is 4.79 Å². The second kappa shape index (κ2) is 11.4.